The van der Waals surface area contributed by atoms with Gasteiger partial charge in [-0.15, -0.1) is 0 Å². The highest BCUT2D eigenvalue weighted by molar-refractivity contribution is 5.81. The molecular formula is C17H24O8. The third-order valence-corrected chi connectivity index (χ3v) is 2.86. The lowest BCUT2D eigenvalue weighted by Crippen LogP contribution is -2.43. The maximum Gasteiger partial charge on any atom is 0.330 e. The first kappa shape index (κ1) is 22.6. The molecule has 0 saturated heterocycles. The molecule has 0 N–H and O–H groups in total. The van der Waals surface area contributed by atoms with Gasteiger partial charge in [0.15, 0.2) is 0 Å². The van der Waals surface area contributed by atoms with Crippen LogP contribution in [0.5, 0.6) is 0 Å². The van der Waals surface area contributed by atoms with E-state index >= 15 is 0 Å². The lowest BCUT2D eigenvalue weighted by molar-refractivity contribution is -0.265. The molecule has 0 amide bonds. The minimum atomic E-state index is -1.28. The molecule has 0 aliphatic rings. The van der Waals surface area contributed by atoms with Crippen molar-refractivity contribution < 1.29 is 38.1 Å². The average molecular weight is 356 g/mol. The summed E-state index contributed by atoms with van der Waals surface area (Å²) in [6, 6.07) is 0. The van der Waals surface area contributed by atoms with E-state index in [1.807, 2.05) is 0 Å². The van der Waals surface area contributed by atoms with Crippen molar-refractivity contribution in [3.05, 3.63) is 38.0 Å². The molecule has 8 nitrogen and oxygen atoms in total. The average Bonchev–Trinajstić information content (AvgIpc) is 2.64. The second-order valence-corrected chi connectivity index (χ2v) is 4.52. The molecule has 0 rings (SSSR count). The van der Waals surface area contributed by atoms with Gasteiger partial charge >= 0.3 is 17.9 Å². The van der Waals surface area contributed by atoms with E-state index in [2.05, 4.69) is 19.7 Å². The van der Waals surface area contributed by atoms with Crippen LogP contribution in [-0.2, 0) is 38.1 Å². The molecule has 8 heteroatoms. The summed E-state index contributed by atoms with van der Waals surface area (Å²) in [6.45, 7) is 11.4. The molecule has 0 aromatic heterocycles. The van der Waals surface area contributed by atoms with E-state index in [9.17, 15) is 14.4 Å². The maximum absolute atomic E-state index is 11.3. The monoisotopic (exact) mass is 356 g/mol. The van der Waals surface area contributed by atoms with Crippen LogP contribution in [0.2, 0.25) is 0 Å². The molecule has 0 aromatic rings. The van der Waals surface area contributed by atoms with Crippen molar-refractivity contribution in [3.8, 4) is 0 Å². The maximum atomic E-state index is 11.3. The number of carbonyl (C=O) groups excluding carboxylic acids is 3. The van der Waals surface area contributed by atoms with Gasteiger partial charge in [-0.1, -0.05) is 26.7 Å². The van der Waals surface area contributed by atoms with E-state index in [1.165, 1.54) is 0 Å². The number of ether oxygens (including phenoxy) is 5. The van der Waals surface area contributed by atoms with E-state index in [4.69, 9.17) is 23.7 Å². The molecule has 0 heterocycles. The Bertz CT molecular complexity index is 455. The third kappa shape index (κ3) is 10.1. The van der Waals surface area contributed by atoms with Crippen molar-refractivity contribution in [2.45, 2.75) is 19.1 Å². The summed E-state index contributed by atoms with van der Waals surface area (Å²) >= 11 is 0. The smallest absolute Gasteiger partial charge is 0.330 e. The Morgan fingerprint density at radius 1 is 0.760 bits per heavy atom. The van der Waals surface area contributed by atoms with E-state index in [-0.39, 0.29) is 33.0 Å². The van der Waals surface area contributed by atoms with Crippen molar-refractivity contribution in [1.29, 1.82) is 0 Å². The summed E-state index contributed by atoms with van der Waals surface area (Å²) in [7, 11) is 0. The highest BCUT2D eigenvalue weighted by atomic mass is 16.7. The van der Waals surface area contributed by atoms with Crippen molar-refractivity contribution in [3.63, 3.8) is 0 Å². The molecule has 140 valence electrons. The van der Waals surface area contributed by atoms with E-state index < -0.39 is 23.7 Å². The van der Waals surface area contributed by atoms with Crippen molar-refractivity contribution in [1.82, 2.24) is 0 Å². The second kappa shape index (κ2) is 12.9. The summed E-state index contributed by atoms with van der Waals surface area (Å²) < 4.78 is 25.8. The molecule has 0 atom stereocenters. The van der Waals surface area contributed by atoms with Gasteiger partial charge in [0.25, 0.3) is 0 Å². The normalized spacial score (nSPS) is 10.4. The molecule has 0 radical (unpaired) electrons. The molecule has 0 unspecified atom stereocenters. The quantitative estimate of drug-likeness (QED) is 0.151. The largest absolute Gasteiger partial charge is 0.460 e. The van der Waals surface area contributed by atoms with Crippen LogP contribution in [0.3, 0.4) is 0 Å². The van der Waals surface area contributed by atoms with Crippen LogP contribution in [0.4, 0.5) is 0 Å². The lowest BCUT2D eigenvalue weighted by atomic mass is 10.2. The van der Waals surface area contributed by atoms with Crippen LogP contribution in [0.1, 0.15) is 13.3 Å². The van der Waals surface area contributed by atoms with Crippen LogP contribution in [0.25, 0.3) is 0 Å². The Hall–Kier alpha value is -2.45. The van der Waals surface area contributed by atoms with Crippen LogP contribution < -0.4 is 0 Å². The SMILES string of the molecule is C=CC(=O)OCCOC(CC)(COC(=O)C=C)OCCOC(=O)C=C. The molecule has 0 spiro atoms. The number of hydrogen-bond donors (Lipinski definition) is 0. The van der Waals surface area contributed by atoms with Gasteiger partial charge < -0.3 is 23.7 Å². The topological polar surface area (TPSA) is 97.4 Å². The Kier molecular flexibility index (Phi) is 11.6. The molecule has 0 aliphatic heterocycles. The molecule has 0 aromatic carbocycles. The summed E-state index contributed by atoms with van der Waals surface area (Å²) in [5.74, 6) is -3.08. The van der Waals surface area contributed by atoms with Crippen LogP contribution in [0.15, 0.2) is 38.0 Å². The van der Waals surface area contributed by atoms with Crippen LogP contribution in [0, 0.1) is 0 Å². The van der Waals surface area contributed by atoms with Gasteiger partial charge in [0.1, 0.15) is 19.8 Å². The number of esters is 3. The van der Waals surface area contributed by atoms with Gasteiger partial charge in [-0.3, -0.25) is 0 Å². The van der Waals surface area contributed by atoms with E-state index in [0.29, 0.717) is 6.42 Å². The Morgan fingerprint density at radius 3 is 1.52 bits per heavy atom. The molecule has 0 saturated carbocycles. The van der Waals surface area contributed by atoms with Crippen molar-refractivity contribution >= 4 is 17.9 Å². The summed E-state index contributed by atoms with van der Waals surface area (Å²) in [5.41, 5.74) is 0. The number of carbonyl (C=O) groups is 3. The number of hydrogen-bond acceptors (Lipinski definition) is 8. The zero-order chi connectivity index (χ0) is 19.1. The van der Waals surface area contributed by atoms with Gasteiger partial charge in [-0.2, -0.15) is 0 Å². The predicted octanol–water partition coefficient (Wildman–Crippen LogP) is 1.31. The minimum absolute atomic E-state index is 0.00546. The summed E-state index contributed by atoms with van der Waals surface area (Å²) in [4.78, 5) is 33.3. The highest BCUT2D eigenvalue weighted by Gasteiger charge is 2.32. The number of rotatable bonds is 14. The minimum Gasteiger partial charge on any atom is -0.460 e. The highest BCUT2D eigenvalue weighted by Crippen LogP contribution is 2.19. The first-order chi connectivity index (χ1) is 11.9. The zero-order valence-corrected chi connectivity index (χ0v) is 14.4. The van der Waals surface area contributed by atoms with Gasteiger partial charge in [-0.25, -0.2) is 14.4 Å². The van der Waals surface area contributed by atoms with E-state index in [0.717, 1.165) is 18.2 Å². The fourth-order valence-electron chi connectivity index (χ4n) is 1.53. The standard InChI is InChI=1S/C17H24O8/c1-5-14(18)21-9-11-24-17(8-4,13-23-16(20)7-3)25-12-10-22-15(19)6-2/h5-7H,1-3,8-13H2,4H3. The summed E-state index contributed by atoms with van der Waals surface area (Å²) in [5, 5.41) is 0. The second-order valence-electron chi connectivity index (χ2n) is 4.52. The Balaban J connectivity index is 4.62. The van der Waals surface area contributed by atoms with Gasteiger partial charge in [-0.05, 0) is 0 Å². The first-order valence-corrected chi connectivity index (χ1v) is 7.58. The van der Waals surface area contributed by atoms with E-state index in [1.54, 1.807) is 6.92 Å². The van der Waals surface area contributed by atoms with Gasteiger partial charge in [0.05, 0.1) is 13.2 Å². The van der Waals surface area contributed by atoms with Gasteiger partial charge in [0, 0.05) is 24.6 Å². The zero-order valence-electron chi connectivity index (χ0n) is 14.4. The lowest BCUT2D eigenvalue weighted by Gasteiger charge is -2.32. The Morgan fingerprint density at radius 2 is 1.16 bits per heavy atom. The summed E-state index contributed by atoms with van der Waals surface area (Å²) in [6.07, 6.45) is 3.40. The van der Waals surface area contributed by atoms with Gasteiger partial charge in [0.2, 0.25) is 5.79 Å². The first-order valence-electron chi connectivity index (χ1n) is 7.58. The fraction of sp³-hybridized carbons (Fsp3) is 0.471. The van der Waals surface area contributed by atoms with Crippen LogP contribution >= 0.6 is 0 Å². The molecule has 25 heavy (non-hydrogen) atoms. The third-order valence-electron chi connectivity index (χ3n) is 2.86. The van der Waals surface area contributed by atoms with Crippen LogP contribution in [-0.4, -0.2) is 56.7 Å². The fourth-order valence-corrected chi connectivity index (χ4v) is 1.53. The molecule has 0 aliphatic carbocycles. The molecular weight excluding hydrogens is 332 g/mol. The Labute approximate surface area is 147 Å². The molecule has 0 fully saturated rings. The molecule has 0 bridgehead atoms. The van der Waals surface area contributed by atoms with Crippen molar-refractivity contribution in [2.75, 3.05) is 33.0 Å². The predicted molar refractivity (Wildman–Crippen MR) is 88.4 cm³/mol. The van der Waals surface area contributed by atoms with Crippen molar-refractivity contribution in [2.24, 2.45) is 0 Å².